The Morgan fingerprint density at radius 2 is 1.68 bits per heavy atom. The van der Waals surface area contributed by atoms with Gasteiger partial charge in [0.25, 0.3) is 0 Å². The second-order valence-corrected chi connectivity index (χ2v) is 17.1. The number of amides is 1. The van der Waals surface area contributed by atoms with Gasteiger partial charge in [0.15, 0.2) is 14.1 Å². The first-order valence-electron chi connectivity index (χ1n) is 13.5. The second-order valence-electron chi connectivity index (χ2n) is 12.3. The molecule has 0 unspecified atom stereocenters. The third kappa shape index (κ3) is 6.15. The van der Waals surface area contributed by atoms with E-state index in [1.807, 2.05) is 38.1 Å². The van der Waals surface area contributed by atoms with Crippen LogP contribution in [0.1, 0.15) is 51.7 Å². The molecule has 0 radical (unpaired) electrons. The number of nitrogens with zero attached hydrogens (tertiary/aromatic N) is 1. The molecule has 1 fully saturated rings. The van der Waals surface area contributed by atoms with Gasteiger partial charge in [0, 0.05) is 5.92 Å². The van der Waals surface area contributed by atoms with Crippen molar-refractivity contribution in [3.8, 4) is 11.1 Å². The number of fused-ring (bicyclic) bond motifs is 3. The predicted molar refractivity (Wildman–Crippen MR) is 151 cm³/mol. The lowest BCUT2D eigenvalue weighted by Gasteiger charge is -2.39. The van der Waals surface area contributed by atoms with Gasteiger partial charge < -0.3 is 23.7 Å². The Kier molecular flexibility index (Phi) is 8.40. The van der Waals surface area contributed by atoms with Crippen LogP contribution in [0.2, 0.25) is 18.1 Å². The summed E-state index contributed by atoms with van der Waals surface area (Å²) in [6, 6.07) is 16.0. The molecule has 2 aliphatic rings. The van der Waals surface area contributed by atoms with E-state index >= 15 is 0 Å². The van der Waals surface area contributed by atoms with Gasteiger partial charge in [-0.3, -0.25) is 4.90 Å². The van der Waals surface area contributed by atoms with Crippen molar-refractivity contribution < 1.29 is 28.5 Å². The molecule has 2 atom stereocenters. The van der Waals surface area contributed by atoms with Crippen molar-refractivity contribution in [3.63, 3.8) is 0 Å². The van der Waals surface area contributed by atoms with Crippen molar-refractivity contribution in [1.29, 1.82) is 0 Å². The predicted octanol–water partition coefficient (Wildman–Crippen LogP) is 5.77. The number of hydrogen-bond acceptors (Lipinski definition) is 6. The van der Waals surface area contributed by atoms with Gasteiger partial charge in [-0.1, -0.05) is 69.3 Å². The minimum Gasteiger partial charge on any atom is -0.448 e. The lowest BCUT2D eigenvalue weighted by atomic mass is 9.98. The zero-order chi connectivity index (χ0) is 27.7. The zero-order valence-electron chi connectivity index (χ0n) is 23.8. The molecule has 7 nitrogen and oxygen atoms in total. The highest BCUT2D eigenvalue weighted by atomic mass is 28.4. The van der Waals surface area contributed by atoms with E-state index < -0.39 is 26.2 Å². The Morgan fingerprint density at radius 1 is 1.11 bits per heavy atom. The summed E-state index contributed by atoms with van der Waals surface area (Å²) in [5.74, 6) is -0.765. The fourth-order valence-corrected chi connectivity index (χ4v) is 5.93. The van der Waals surface area contributed by atoms with Crippen molar-refractivity contribution in [3.05, 3.63) is 59.7 Å². The number of ether oxygens (including phenoxy) is 3. The first-order valence-corrected chi connectivity index (χ1v) is 16.4. The third-order valence-corrected chi connectivity index (χ3v) is 12.6. The van der Waals surface area contributed by atoms with E-state index in [1.54, 1.807) is 4.90 Å². The molecule has 2 aromatic carbocycles. The van der Waals surface area contributed by atoms with Crippen LogP contribution in [0.15, 0.2) is 48.5 Å². The molecule has 208 valence electrons. The third-order valence-electron chi connectivity index (χ3n) is 8.13. The lowest BCUT2D eigenvalue weighted by molar-refractivity contribution is -0.141. The quantitative estimate of drug-likeness (QED) is 0.406. The van der Waals surface area contributed by atoms with E-state index in [0.717, 1.165) is 11.1 Å². The molecule has 1 amide bonds. The summed E-state index contributed by atoms with van der Waals surface area (Å²) in [6.07, 6.45) is -0.814. The zero-order valence-corrected chi connectivity index (χ0v) is 24.8. The van der Waals surface area contributed by atoms with Gasteiger partial charge in [-0.25, -0.2) is 4.79 Å². The molecule has 0 saturated carbocycles. The Balaban J connectivity index is 1.52. The highest BCUT2D eigenvalue weighted by molar-refractivity contribution is 6.74. The number of carbonyl (C=O) groups is 1. The van der Waals surface area contributed by atoms with Gasteiger partial charge in [0.05, 0.1) is 32.4 Å². The van der Waals surface area contributed by atoms with Crippen molar-refractivity contribution in [2.45, 2.75) is 76.6 Å². The first kappa shape index (κ1) is 28.8. The second kappa shape index (κ2) is 11.1. The van der Waals surface area contributed by atoms with E-state index in [-0.39, 0.29) is 43.4 Å². The summed E-state index contributed by atoms with van der Waals surface area (Å²) < 4.78 is 24.1. The van der Waals surface area contributed by atoms with E-state index in [9.17, 15) is 9.90 Å². The van der Waals surface area contributed by atoms with Gasteiger partial charge in [-0.15, -0.1) is 0 Å². The van der Waals surface area contributed by atoms with E-state index in [1.165, 1.54) is 11.1 Å². The van der Waals surface area contributed by atoms with Gasteiger partial charge in [-0.05, 0) is 54.2 Å². The monoisotopic (exact) mass is 541 g/mol. The fourth-order valence-electron chi connectivity index (χ4n) is 4.88. The minimum absolute atomic E-state index is 0.00796. The van der Waals surface area contributed by atoms with Crippen LogP contribution in [0.5, 0.6) is 0 Å². The highest BCUT2D eigenvalue weighted by Crippen LogP contribution is 2.44. The van der Waals surface area contributed by atoms with Crippen LogP contribution in [0.3, 0.4) is 0 Å². The Morgan fingerprint density at radius 3 is 2.18 bits per heavy atom. The van der Waals surface area contributed by atoms with Crippen molar-refractivity contribution >= 4 is 14.4 Å². The van der Waals surface area contributed by atoms with Crippen LogP contribution in [0.25, 0.3) is 11.1 Å². The first-order chi connectivity index (χ1) is 17.8. The normalized spacial score (nSPS) is 19.6. The summed E-state index contributed by atoms with van der Waals surface area (Å²) in [5, 5.41) is 10.4. The van der Waals surface area contributed by atoms with E-state index in [2.05, 4.69) is 58.1 Å². The maximum atomic E-state index is 13.6. The molecule has 38 heavy (non-hydrogen) atoms. The summed E-state index contributed by atoms with van der Waals surface area (Å²) >= 11 is 0. The molecule has 1 N–H and O–H groups in total. The Labute approximate surface area is 228 Å². The molecule has 4 rings (SSSR count). The molecule has 1 saturated heterocycles. The van der Waals surface area contributed by atoms with E-state index in [0.29, 0.717) is 6.61 Å². The van der Waals surface area contributed by atoms with Gasteiger partial charge in [-0.2, -0.15) is 0 Å². The average Bonchev–Trinajstić information content (AvgIpc) is 3.37. The standard InChI is InChI=1S/C30H43NO6Si/c1-29(2,3)38(6,7)36-18-21(17-32)31(16-22-19-35-30(4,5)37-22)28(33)34-20-27-25-14-10-8-12-23(25)24-13-9-11-15-26(24)27/h8-15,21-22,27,32H,16-20H2,1-7H3/t21-,22+/m1/s1. The fraction of sp³-hybridized carbons (Fsp3) is 0.567. The summed E-state index contributed by atoms with van der Waals surface area (Å²) in [5.41, 5.74) is 4.66. The van der Waals surface area contributed by atoms with Crippen LogP contribution >= 0.6 is 0 Å². The van der Waals surface area contributed by atoms with Crippen LogP contribution in [-0.2, 0) is 18.6 Å². The summed E-state index contributed by atoms with van der Waals surface area (Å²) in [6.45, 7) is 15.3. The van der Waals surface area contributed by atoms with Crippen LogP contribution in [0.4, 0.5) is 4.79 Å². The molecule has 1 aliphatic carbocycles. The van der Waals surface area contributed by atoms with Crippen molar-refractivity contribution in [2.75, 3.05) is 33.0 Å². The molecule has 1 heterocycles. The number of rotatable bonds is 9. The molecule has 2 aromatic rings. The van der Waals surface area contributed by atoms with Crippen LogP contribution in [-0.4, -0.2) is 75.3 Å². The molecule has 0 bridgehead atoms. The largest absolute Gasteiger partial charge is 0.448 e. The van der Waals surface area contributed by atoms with Crippen LogP contribution in [0, 0.1) is 0 Å². The molecule has 0 spiro atoms. The Bertz CT molecular complexity index is 1080. The lowest BCUT2D eigenvalue weighted by Crippen LogP contribution is -2.52. The van der Waals surface area contributed by atoms with Crippen molar-refractivity contribution in [1.82, 2.24) is 4.90 Å². The molecule has 0 aromatic heterocycles. The molecule has 1 aliphatic heterocycles. The van der Waals surface area contributed by atoms with Gasteiger partial charge in [0.2, 0.25) is 0 Å². The Hall–Kier alpha value is -2.23. The van der Waals surface area contributed by atoms with E-state index in [4.69, 9.17) is 18.6 Å². The minimum atomic E-state index is -2.10. The summed E-state index contributed by atoms with van der Waals surface area (Å²) in [7, 11) is -2.10. The maximum Gasteiger partial charge on any atom is 0.410 e. The van der Waals surface area contributed by atoms with Gasteiger partial charge in [0.1, 0.15) is 12.7 Å². The smallest absolute Gasteiger partial charge is 0.410 e. The van der Waals surface area contributed by atoms with Crippen LogP contribution < -0.4 is 0 Å². The SMILES string of the molecule is CC1(C)OC[C@H](CN(C(=O)OCC2c3ccccc3-c3ccccc32)[C@H](CO)CO[Si](C)(C)C(C)(C)C)O1. The highest BCUT2D eigenvalue weighted by Gasteiger charge is 2.40. The maximum absolute atomic E-state index is 13.6. The average molecular weight is 542 g/mol. The molecule has 8 heteroatoms. The topological polar surface area (TPSA) is 77.5 Å². The van der Waals surface area contributed by atoms with Crippen molar-refractivity contribution in [2.24, 2.45) is 0 Å². The molecular formula is C30H43NO6Si. The number of benzene rings is 2. The van der Waals surface area contributed by atoms with Gasteiger partial charge >= 0.3 is 6.09 Å². The number of aliphatic hydroxyl groups excluding tert-OH is 1. The number of aliphatic hydroxyl groups is 1. The molecular weight excluding hydrogens is 498 g/mol. The number of hydrogen-bond donors (Lipinski definition) is 1. The number of carbonyl (C=O) groups excluding carboxylic acids is 1. The summed E-state index contributed by atoms with van der Waals surface area (Å²) in [4.78, 5) is 15.2.